The Morgan fingerprint density at radius 2 is 1.60 bits per heavy atom. The van der Waals surface area contributed by atoms with Crippen molar-refractivity contribution in [3.8, 4) is 0 Å². The lowest BCUT2D eigenvalue weighted by Gasteiger charge is -2.18. The van der Waals surface area contributed by atoms with E-state index in [-0.39, 0.29) is 11.6 Å². The van der Waals surface area contributed by atoms with Gasteiger partial charge in [0.1, 0.15) is 11.6 Å². The van der Waals surface area contributed by atoms with Crippen LogP contribution in [-0.4, -0.2) is 25.0 Å². The summed E-state index contributed by atoms with van der Waals surface area (Å²) in [6, 6.07) is 13.3. The second kappa shape index (κ2) is 7.01. The Hall–Kier alpha value is -1.94. The molecule has 0 aliphatic rings. The van der Waals surface area contributed by atoms with Gasteiger partial charge in [0.15, 0.2) is 0 Å². The van der Waals surface area contributed by atoms with Crippen LogP contribution in [0.25, 0.3) is 0 Å². The molecule has 0 saturated heterocycles. The van der Waals surface area contributed by atoms with Gasteiger partial charge in [-0.05, 0) is 25.2 Å². The number of nitrogens with zero attached hydrogens (tertiary/aromatic N) is 1. The number of para-hydroxylation sites is 1. The zero-order chi connectivity index (χ0) is 14.4. The normalized spacial score (nSPS) is 10.8. The van der Waals surface area contributed by atoms with Gasteiger partial charge in [0, 0.05) is 25.2 Å². The molecule has 0 amide bonds. The minimum Gasteiger partial charge on any atom is -0.381 e. The molecule has 0 spiro atoms. The van der Waals surface area contributed by atoms with E-state index in [1.807, 2.05) is 18.0 Å². The van der Waals surface area contributed by atoms with Crippen LogP contribution in [0.3, 0.4) is 0 Å². The maximum absolute atomic E-state index is 13.5. The number of likely N-dealkylation sites (N-methyl/N-ethyl adjacent to an activating group) is 1. The molecule has 4 heteroatoms. The van der Waals surface area contributed by atoms with Crippen molar-refractivity contribution in [1.29, 1.82) is 0 Å². The van der Waals surface area contributed by atoms with Crippen molar-refractivity contribution >= 4 is 5.69 Å². The van der Waals surface area contributed by atoms with E-state index in [1.165, 1.54) is 12.1 Å². The number of benzene rings is 2. The smallest absolute Gasteiger partial charge is 0.146 e. The number of nitrogens with one attached hydrogen (secondary N) is 1. The molecular weight excluding hydrogens is 258 g/mol. The summed E-state index contributed by atoms with van der Waals surface area (Å²) < 4.78 is 26.9. The van der Waals surface area contributed by atoms with Crippen LogP contribution in [0.5, 0.6) is 0 Å². The average molecular weight is 276 g/mol. The molecule has 0 saturated carbocycles. The highest BCUT2D eigenvalue weighted by atomic mass is 19.1. The van der Waals surface area contributed by atoms with Crippen molar-refractivity contribution in [3.05, 3.63) is 65.7 Å². The van der Waals surface area contributed by atoms with Crippen LogP contribution in [0.4, 0.5) is 14.5 Å². The molecule has 2 aromatic rings. The Morgan fingerprint density at radius 1 is 0.950 bits per heavy atom. The van der Waals surface area contributed by atoms with Crippen LogP contribution in [0.15, 0.2) is 48.5 Å². The molecule has 1 N–H and O–H groups in total. The molecule has 0 aromatic heterocycles. The Kier molecular flexibility index (Phi) is 5.07. The van der Waals surface area contributed by atoms with Crippen molar-refractivity contribution in [2.24, 2.45) is 0 Å². The first-order chi connectivity index (χ1) is 9.66. The lowest BCUT2D eigenvalue weighted by molar-refractivity contribution is 0.333. The molecule has 20 heavy (non-hydrogen) atoms. The van der Waals surface area contributed by atoms with Gasteiger partial charge < -0.3 is 10.2 Å². The molecule has 2 rings (SSSR count). The van der Waals surface area contributed by atoms with Gasteiger partial charge in [0.25, 0.3) is 0 Å². The SMILES string of the molecule is CN(CCNc1ccccc1F)Cc1ccccc1F. The van der Waals surface area contributed by atoms with E-state index in [1.54, 1.807) is 30.3 Å². The summed E-state index contributed by atoms with van der Waals surface area (Å²) >= 11 is 0. The van der Waals surface area contributed by atoms with Gasteiger partial charge >= 0.3 is 0 Å². The first-order valence-electron chi connectivity index (χ1n) is 6.57. The predicted octanol–water partition coefficient (Wildman–Crippen LogP) is 3.51. The maximum atomic E-state index is 13.5. The second-order valence-corrected chi connectivity index (χ2v) is 4.74. The van der Waals surface area contributed by atoms with E-state index in [0.29, 0.717) is 30.9 Å². The summed E-state index contributed by atoms with van der Waals surface area (Å²) in [5.74, 6) is -0.453. The first-order valence-corrected chi connectivity index (χ1v) is 6.57. The third-order valence-corrected chi connectivity index (χ3v) is 3.08. The molecule has 2 aromatic carbocycles. The Morgan fingerprint density at radius 3 is 2.30 bits per heavy atom. The van der Waals surface area contributed by atoms with E-state index in [0.717, 1.165) is 0 Å². The van der Waals surface area contributed by atoms with E-state index in [9.17, 15) is 8.78 Å². The minimum absolute atomic E-state index is 0.193. The fourth-order valence-electron chi connectivity index (χ4n) is 1.98. The number of hydrogen-bond donors (Lipinski definition) is 1. The number of halogens is 2. The molecule has 0 heterocycles. The molecule has 0 fully saturated rings. The van der Waals surface area contributed by atoms with Gasteiger partial charge in [-0.2, -0.15) is 0 Å². The first kappa shape index (κ1) is 14.5. The van der Waals surface area contributed by atoms with Crippen molar-refractivity contribution in [2.45, 2.75) is 6.54 Å². The minimum atomic E-state index is -0.260. The van der Waals surface area contributed by atoms with Gasteiger partial charge in [0.05, 0.1) is 5.69 Å². The molecule has 106 valence electrons. The monoisotopic (exact) mass is 276 g/mol. The van der Waals surface area contributed by atoms with E-state index in [4.69, 9.17) is 0 Å². The number of anilines is 1. The quantitative estimate of drug-likeness (QED) is 0.868. The van der Waals surface area contributed by atoms with Crippen molar-refractivity contribution < 1.29 is 8.78 Å². The highest BCUT2D eigenvalue weighted by Crippen LogP contribution is 2.12. The topological polar surface area (TPSA) is 15.3 Å². The van der Waals surface area contributed by atoms with Crippen molar-refractivity contribution in [2.75, 3.05) is 25.5 Å². The van der Waals surface area contributed by atoms with Crippen LogP contribution >= 0.6 is 0 Å². The third kappa shape index (κ3) is 4.03. The molecule has 0 bridgehead atoms. The summed E-state index contributed by atoms with van der Waals surface area (Å²) in [5.41, 5.74) is 1.16. The van der Waals surface area contributed by atoms with Gasteiger partial charge in [-0.25, -0.2) is 8.78 Å². The summed E-state index contributed by atoms with van der Waals surface area (Å²) in [7, 11) is 1.91. The van der Waals surface area contributed by atoms with Crippen LogP contribution in [-0.2, 0) is 6.54 Å². The molecule has 0 radical (unpaired) electrons. The highest BCUT2D eigenvalue weighted by molar-refractivity contribution is 5.44. The fourth-order valence-corrected chi connectivity index (χ4v) is 1.98. The van der Waals surface area contributed by atoms with Crippen LogP contribution in [0, 0.1) is 11.6 Å². The van der Waals surface area contributed by atoms with Gasteiger partial charge in [-0.3, -0.25) is 0 Å². The van der Waals surface area contributed by atoms with Crippen molar-refractivity contribution in [3.63, 3.8) is 0 Å². The molecule has 2 nitrogen and oxygen atoms in total. The predicted molar refractivity (Wildman–Crippen MR) is 77.6 cm³/mol. The largest absolute Gasteiger partial charge is 0.381 e. The number of rotatable bonds is 6. The van der Waals surface area contributed by atoms with Gasteiger partial charge in [-0.1, -0.05) is 30.3 Å². The Balaban J connectivity index is 1.80. The zero-order valence-electron chi connectivity index (χ0n) is 11.4. The zero-order valence-corrected chi connectivity index (χ0v) is 11.4. The lowest BCUT2D eigenvalue weighted by Crippen LogP contribution is -2.25. The average Bonchev–Trinajstić information content (AvgIpc) is 2.43. The summed E-state index contributed by atoms with van der Waals surface area (Å²) in [6.45, 7) is 1.83. The highest BCUT2D eigenvalue weighted by Gasteiger charge is 2.05. The Bertz CT molecular complexity index is 558. The molecule has 0 unspecified atom stereocenters. The summed E-state index contributed by atoms with van der Waals surface area (Å²) in [4.78, 5) is 1.99. The Labute approximate surface area is 118 Å². The molecule has 0 aliphatic carbocycles. The molecular formula is C16H18F2N2. The van der Waals surface area contributed by atoms with Crippen LogP contribution < -0.4 is 5.32 Å². The standard InChI is InChI=1S/C16H18F2N2/c1-20(12-13-6-2-3-7-14(13)17)11-10-19-16-9-5-4-8-15(16)18/h2-9,19H,10-12H2,1H3. The van der Waals surface area contributed by atoms with Crippen LogP contribution in [0.2, 0.25) is 0 Å². The molecule has 0 atom stereocenters. The van der Waals surface area contributed by atoms with Crippen molar-refractivity contribution in [1.82, 2.24) is 4.90 Å². The summed E-state index contributed by atoms with van der Waals surface area (Å²) in [6.07, 6.45) is 0. The van der Waals surface area contributed by atoms with Gasteiger partial charge in [-0.15, -0.1) is 0 Å². The second-order valence-electron chi connectivity index (χ2n) is 4.74. The maximum Gasteiger partial charge on any atom is 0.146 e. The van der Waals surface area contributed by atoms with Gasteiger partial charge in [0.2, 0.25) is 0 Å². The number of hydrogen-bond acceptors (Lipinski definition) is 2. The fraction of sp³-hybridized carbons (Fsp3) is 0.250. The molecule has 0 aliphatic heterocycles. The van der Waals surface area contributed by atoms with E-state index in [2.05, 4.69) is 5.32 Å². The van der Waals surface area contributed by atoms with Crippen LogP contribution in [0.1, 0.15) is 5.56 Å². The van der Waals surface area contributed by atoms with E-state index >= 15 is 0 Å². The third-order valence-electron chi connectivity index (χ3n) is 3.08. The summed E-state index contributed by atoms with van der Waals surface area (Å²) in [5, 5.41) is 3.03. The lowest BCUT2D eigenvalue weighted by atomic mass is 10.2. The van der Waals surface area contributed by atoms with E-state index < -0.39 is 0 Å².